The van der Waals surface area contributed by atoms with Crippen molar-refractivity contribution in [2.75, 3.05) is 13.2 Å². The number of hydrogen-bond donors (Lipinski definition) is 0. The molecule has 4 nitrogen and oxygen atoms in total. The molecule has 1 heterocycles. The molecule has 1 aliphatic carbocycles. The Morgan fingerprint density at radius 2 is 1.73 bits per heavy atom. The number of esters is 1. The predicted molar refractivity (Wildman–Crippen MR) is 85.5 cm³/mol. The van der Waals surface area contributed by atoms with Crippen LogP contribution >= 0.6 is 0 Å². The molecule has 0 atom stereocenters. The van der Waals surface area contributed by atoms with E-state index in [1.807, 2.05) is 6.92 Å². The van der Waals surface area contributed by atoms with Gasteiger partial charge < -0.3 is 14.2 Å². The second-order valence-corrected chi connectivity index (χ2v) is 7.21. The second kappa shape index (κ2) is 8.30. The van der Waals surface area contributed by atoms with Gasteiger partial charge in [-0.3, -0.25) is 4.79 Å². The largest absolute Gasteiger partial charge is 0.462 e. The van der Waals surface area contributed by atoms with Gasteiger partial charge in [-0.1, -0.05) is 27.2 Å². The van der Waals surface area contributed by atoms with E-state index < -0.39 is 0 Å². The van der Waals surface area contributed by atoms with E-state index >= 15 is 0 Å². The summed E-state index contributed by atoms with van der Waals surface area (Å²) in [5.74, 6) is 0.570. The molecule has 0 radical (unpaired) electrons. The molecule has 2 fully saturated rings. The van der Waals surface area contributed by atoms with Crippen LogP contribution in [-0.4, -0.2) is 31.6 Å². The fraction of sp³-hybridized carbons (Fsp3) is 0.944. The third-order valence-electron chi connectivity index (χ3n) is 5.13. The molecule has 2 aliphatic rings. The first kappa shape index (κ1) is 17.7. The Labute approximate surface area is 134 Å². The van der Waals surface area contributed by atoms with E-state index in [9.17, 15) is 4.79 Å². The van der Waals surface area contributed by atoms with Gasteiger partial charge >= 0.3 is 5.97 Å². The van der Waals surface area contributed by atoms with Gasteiger partial charge in [0.05, 0.1) is 13.2 Å². The Hall–Kier alpha value is -0.610. The minimum absolute atomic E-state index is 0.00980. The van der Waals surface area contributed by atoms with E-state index in [1.54, 1.807) is 0 Å². The quantitative estimate of drug-likeness (QED) is 0.694. The smallest absolute Gasteiger partial charge is 0.306 e. The first-order valence-electron chi connectivity index (χ1n) is 9.00. The Bertz CT molecular complexity index is 339. The highest BCUT2D eigenvalue weighted by atomic mass is 16.7. The Morgan fingerprint density at radius 3 is 2.27 bits per heavy atom. The lowest BCUT2D eigenvalue weighted by molar-refractivity contribution is -0.242. The van der Waals surface area contributed by atoms with Crippen LogP contribution in [0.15, 0.2) is 0 Å². The lowest BCUT2D eigenvalue weighted by Gasteiger charge is -2.45. The third-order valence-corrected chi connectivity index (χ3v) is 5.13. The zero-order valence-electron chi connectivity index (χ0n) is 14.4. The van der Waals surface area contributed by atoms with Gasteiger partial charge in [-0.05, 0) is 44.4 Å². The molecule has 1 saturated heterocycles. The minimum Gasteiger partial charge on any atom is -0.462 e. The normalized spacial score (nSPS) is 36.0. The monoisotopic (exact) mass is 312 g/mol. The molecule has 2 rings (SSSR count). The number of carbonyl (C=O) groups excluding carboxylic acids is 1. The lowest BCUT2D eigenvalue weighted by atomic mass is 9.70. The fourth-order valence-corrected chi connectivity index (χ4v) is 3.62. The van der Waals surface area contributed by atoms with Gasteiger partial charge in [0.15, 0.2) is 6.29 Å². The molecule has 1 saturated carbocycles. The molecule has 0 aromatic heterocycles. The molecule has 0 amide bonds. The van der Waals surface area contributed by atoms with Gasteiger partial charge in [0.25, 0.3) is 0 Å². The molecular weight excluding hydrogens is 280 g/mol. The summed E-state index contributed by atoms with van der Waals surface area (Å²) >= 11 is 0. The van der Waals surface area contributed by atoms with Gasteiger partial charge in [0.2, 0.25) is 0 Å². The molecule has 0 unspecified atom stereocenters. The van der Waals surface area contributed by atoms with Crippen LogP contribution in [0, 0.1) is 11.3 Å². The van der Waals surface area contributed by atoms with Crippen molar-refractivity contribution in [2.24, 2.45) is 11.3 Å². The van der Waals surface area contributed by atoms with Gasteiger partial charge in [-0.15, -0.1) is 0 Å². The Morgan fingerprint density at radius 1 is 1.09 bits per heavy atom. The molecule has 4 heteroatoms. The standard InChI is InChI=1S/C18H32O4/c1-4-6-16(19)22-15-10-8-14(9-11-15)18(3)12-20-17(7-5-2)21-13-18/h14-15,17H,4-13H2,1-3H3. The van der Waals surface area contributed by atoms with Crippen molar-refractivity contribution in [2.45, 2.75) is 84.5 Å². The Balaban J connectivity index is 1.75. The maximum absolute atomic E-state index is 11.6. The zero-order valence-corrected chi connectivity index (χ0v) is 14.4. The van der Waals surface area contributed by atoms with Gasteiger partial charge in [0.1, 0.15) is 6.10 Å². The highest BCUT2D eigenvalue weighted by molar-refractivity contribution is 5.69. The summed E-state index contributed by atoms with van der Waals surface area (Å²) < 4.78 is 17.4. The first-order valence-corrected chi connectivity index (χ1v) is 9.00. The average molecular weight is 312 g/mol. The predicted octanol–water partition coefficient (Wildman–Crippen LogP) is 4.07. The van der Waals surface area contributed by atoms with E-state index in [0.717, 1.165) is 58.2 Å². The van der Waals surface area contributed by atoms with Gasteiger partial charge in [0, 0.05) is 11.8 Å². The summed E-state index contributed by atoms with van der Waals surface area (Å²) in [4.78, 5) is 11.6. The molecule has 0 aromatic carbocycles. The SMILES string of the molecule is CCCC(=O)OC1CCC(C2(C)COC(CCC)OC2)CC1. The van der Waals surface area contributed by atoms with Crippen molar-refractivity contribution in [1.82, 2.24) is 0 Å². The van der Waals surface area contributed by atoms with Crippen molar-refractivity contribution in [1.29, 1.82) is 0 Å². The van der Waals surface area contributed by atoms with Crippen LogP contribution in [-0.2, 0) is 19.0 Å². The maximum atomic E-state index is 11.6. The van der Waals surface area contributed by atoms with Gasteiger partial charge in [-0.25, -0.2) is 0 Å². The lowest BCUT2D eigenvalue weighted by Crippen LogP contribution is -2.46. The molecule has 0 bridgehead atoms. The number of carbonyl (C=O) groups is 1. The van der Waals surface area contributed by atoms with Crippen LogP contribution in [0.5, 0.6) is 0 Å². The molecule has 0 N–H and O–H groups in total. The second-order valence-electron chi connectivity index (χ2n) is 7.21. The van der Waals surface area contributed by atoms with E-state index in [4.69, 9.17) is 14.2 Å². The highest BCUT2D eigenvalue weighted by Crippen LogP contribution is 2.42. The van der Waals surface area contributed by atoms with Gasteiger partial charge in [-0.2, -0.15) is 0 Å². The number of rotatable bonds is 6. The van der Waals surface area contributed by atoms with Crippen LogP contribution in [0.2, 0.25) is 0 Å². The molecule has 0 aromatic rings. The van der Waals surface area contributed by atoms with Crippen molar-refractivity contribution < 1.29 is 19.0 Å². The summed E-state index contributed by atoms with van der Waals surface area (Å²) in [5, 5.41) is 0. The van der Waals surface area contributed by atoms with Crippen LogP contribution in [0.4, 0.5) is 0 Å². The van der Waals surface area contributed by atoms with E-state index in [0.29, 0.717) is 12.3 Å². The maximum Gasteiger partial charge on any atom is 0.306 e. The van der Waals surface area contributed by atoms with E-state index in [1.165, 1.54) is 0 Å². The van der Waals surface area contributed by atoms with Crippen LogP contribution in [0.1, 0.15) is 72.1 Å². The summed E-state index contributed by atoms with van der Waals surface area (Å²) in [7, 11) is 0. The molecule has 22 heavy (non-hydrogen) atoms. The molecule has 0 spiro atoms. The zero-order chi connectivity index (χ0) is 16.0. The summed E-state index contributed by atoms with van der Waals surface area (Å²) in [6.45, 7) is 8.03. The van der Waals surface area contributed by atoms with Crippen LogP contribution in [0.25, 0.3) is 0 Å². The average Bonchev–Trinajstić information content (AvgIpc) is 2.51. The van der Waals surface area contributed by atoms with Crippen LogP contribution in [0.3, 0.4) is 0 Å². The van der Waals surface area contributed by atoms with Crippen LogP contribution < -0.4 is 0 Å². The minimum atomic E-state index is -0.0381. The summed E-state index contributed by atoms with van der Waals surface area (Å²) in [6, 6.07) is 0. The van der Waals surface area contributed by atoms with Crippen molar-refractivity contribution in [3.63, 3.8) is 0 Å². The molecule has 128 valence electrons. The van der Waals surface area contributed by atoms with E-state index in [-0.39, 0.29) is 23.8 Å². The summed E-state index contributed by atoms with van der Waals surface area (Å²) in [6.07, 6.45) is 7.75. The topological polar surface area (TPSA) is 44.8 Å². The first-order chi connectivity index (χ1) is 10.6. The van der Waals surface area contributed by atoms with Crippen molar-refractivity contribution in [3.05, 3.63) is 0 Å². The highest BCUT2D eigenvalue weighted by Gasteiger charge is 2.41. The fourth-order valence-electron chi connectivity index (χ4n) is 3.62. The number of ether oxygens (including phenoxy) is 3. The number of hydrogen-bond acceptors (Lipinski definition) is 4. The molecule has 1 aliphatic heterocycles. The third kappa shape index (κ3) is 4.69. The van der Waals surface area contributed by atoms with E-state index in [2.05, 4.69) is 13.8 Å². The summed E-state index contributed by atoms with van der Waals surface area (Å²) in [5.41, 5.74) is 0.114. The van der Waals surface area contributed by atoms with Crippen molar-refractivity contribution in [3.8, 4) is 0 Å². The molecular formula is C18H32O4. The Kier molecular flexibility index (Phi) is 6.69. The van der Waals surface area contributed by atoms with Crippen molar-refractivity contribution >= 4 is 5.97 Å².